The van der Waals surface area contributed by atoms with Gasteiger partial charge in [-0.15, -0.1) is 10.2 Å². The number of aromatic nitrogens is 2. The average molecular weight is 381 g/mol. The van der Waals surface area contributed by atoms with Crippen LogP contribution in [0.25, 0.3) is 0 Å². The first kappa shape index (κ1) is 17.6. The van der Waals surface area contributed by atoms with Crippen molar-refractivity contribution < 1.29 is 13.9 Å². The molecule has 27 heavy (non-hydrogen) atoms. The number of nitrogens with zero attached hydrogens (tertiary/aromatic N) is 3. The summed E-state index contributed by atoms with van der Waals surface area (Å²) < 4.78 is 11.2. The third-order valence-corrected chi connectivity index (χ3v) is 5.14. The smallest absolute Gasteiger partial charge is 0.277 e. The first-order valence-corrected chi connectivity index (χ1v) is 9.70. The van der Waals surface area contributed by atoms with Crippen LogP contribution in [0, 0.1) is 6.92 Å². The SMILES string of the molecule is Cc1ccc(OCc2nnc(SCC(=O)N3CCc4ccccc43)o2)cc1. The van der Waals surface area contributed by atoms with E-state index in [1.54, 1.807) is 0 Å². The molecule has 1 aliphatic rings. The van der Waals surface area contributed by atoms with Crippen molar-refractivity contribution in [2.24, 2.45) is 0 Å². The van der Waals surface area contributed by atoms with Gasteiger partial charge in [0.1, 0.15) is 5.75 Å². The van der Waals surface area contributed by atoms with Gasteiger partial charge in [0.05, 0.1) is 5.75 Å². The number of hydrogen-bond donors (Lipinski definition) is 0. The van der Waals surface area contributed by atoms with Crippen LogP contribution in [-0.4, -0.2) is 28.4 Å². The van der Waals surface area contributed by atoms with E-state index in [1.807, 2.05) is 54.3 Å². The molecule has 2 heterocycles. The van der Waals surface area contributed by atoms with E-state index in [0.29, 0.717) is 11.1 Å². The highest BCUT2D eigenvalue weighted by atomic mass is 32.2. The van der Waals surface area contributed by atoms with Gasteiger partial charge in [-0.1, -0.05) is 47.7 Å². The molecule has 0 fully saturated rings. The Morgan fingerprint density at radius 3 is 2.85 bits per heavy atom. The van der Waals surface area contributed by atoms with Crippen molar-refractivity contribution in [1.82, 2.24) is 10.2 Å². The molecule has 0 N–H and O–H groups in total. The maximum absolute atomic E-state index is 12.5. The number of para-hydroxylation sites is 1. The Morgan fingerprint density at radius 1 is 1.19 bits per heavy atom. The molecule has 1 amide bonds. The number of rotatable bonds is 6. The zero-order chi connectivity index (χ0) is 18.6. The van der Waals surface area contributed by atoms with Crippen molar-refractivity contribution in [3.8, 4) is 5.75 Å². The van der Waals surface area contributed by atoms with Crippen LogP contribution in [0.1, 0.15) is 17.0 Å². The standard InChI is InChI=1S/C20H19N3O3S/c1-14-6-8-16(9-7-14)25-12-18-21-22-20(26-18)27-13-19(24)23-11-10-15-4-2-3-5-17(15)23/h2-9H,10-13H2,1H3. The van der Waals surface area contributed by atoms with Crippen LogP contribution in [0.3, 0.4) is 0 Å². The number of amides is 1. The van der Waals surface area contributed by atoms with Gasteiger partial charge < -0.3 is 14.1 Å². The Labute approximate surface area is 161 Å². The van der Waals surface area contributed by atoms with Gasteiger partial charge in [-0.2, -0.15) is 0 Å². The highest BCUT2D eigenvalue weighted by molar-refractivity contribution is 7.99. The molecule has 4 rings (SSSR count). The van der Waals surface area contributed by atoms with Gasteiger partial charge in [0.15, 0.2) is 6.61 Å². The van der Waals surface area contributed by atoms with E-state index in [1.165, 1.54) is 22.9 Å². The van der Waals surface area contributed by atoms with Crippen molar-refractivity contribution in [2.45, 2.75) is 25.2 Å². The molecule has 1 aromatic heterocycles. The van der Waals surface area contributed by atoms with Crippen LogP contribution >= 0.6 is 11.8 Å². The Morgan fingerprint density at radius 2 is 2.00 bits per heavy atom. The van der Waals surface area contributed by atoms with E-state index in [-0.39, 0.29) is 18.3 Å². The van der Waals surface area contributed by atoms with Gasteiger partial charge in [-0.05, 0) is 37.1 Å². The lowest BCUT2D eigenvalue weighted by atomic mass is 10.2. The van der Waals surface area contributed by atoms with E-state index >= 15 is 0 Å². The van der Waals surface area contributed by atoms with E-state index in [2.05, 4.69) is 16.3 Å². The fourth-order valence-electron chi connectivity index (χ4n) is 2.93. The lowest BCUT2D eigenvalue weighted by Crippen LogP contribution is -2.30. The molecule has 0 saturated carbocycles. The number of hydrogen-bond acceptors (Lipinski definition) is 6. The summed E-state index contributed by atoms with van der Waals surface area (Å²) in [7, 11) is 0. The average Bonchev–Trinajstić information content (AvgIpc) is 3.32. The predicted octanol–water partition coefficient (Wildman–Crippen LogP) is 3.64. The van der Waals surface area contributed by atoms with Crippen LogP contribution in [0.4, 0.5) is 5.69 Å². The number of fused-ring (bicyclic) bond motifs is 1. The molecule has 2 aromatic carbocycles. The number of carbonyl (C=O) groups is 1. The molecule has 7 heteroatoms. The fourth-order valence-corrected chi connectivity index (χ4v) is 3.59. The summed E-state index contributed by atoms with van der Waals surface area (Å²) in [6.45, 7) is 2.94. The zero-order valence-electron chi connectivity index (χ0n) is 14.9. The van der Waals surface area contributed by atoms with E-state index < -0.39 is 0 Å². The molecule has 0 aliphatic carbocycles. The summed E-state index contributed by atoms with van der Waals surface area (Å²) in [5.41, 5.74) is 3.38. The minimum Gasteiger partial charge on any atom is -0.484 e. The van der Waals surface area contributed by atoms with Crippen LogP contribution in [0.5, 0.6) is 5.75 Å². The minimum atomic E-state index is 0.0422. The fraction of sp³-hybridized carbons (Fsp3) is 0.250. The van der Waals surface area contributed by atoms with Crippen LogP contribution in [-0.2, 0) is 17.8 Å². The minimum absolute atomic E-state index is 0.0422. The summed E-state index contributed by atoms with van der Waals surface area (Å²) in [4.78, 5) is 14.3. The number of aryl methyl sites for hydroxylation is 1. The van der Waals surface area contributed by atoms with Gasteiger partial charge in [0, 0.05) is 12.2 Å². The number of ether oxygens (including phenoxy) is 1. The molecular weight excluding hydrogens is 362 g/mol. The Kier molecular flexibility index (Phi) is 5.11. The van der Waals surface area contributed by atoms with Crippen LogP contribution in [0.2, 0.25) is 0 Å². The predicted molar refractivity (Wildman–Crippen MR) is 103 cm³/mol. The molecule has 6 nitrogen and oxygen atoms in total. The normalized spacial score (nSPS) is 12.9. The second-order valence-corrected chi connectivity index (χ2v) is 7.20. The number of thioether (sulfide) groups is 1. The largest absolute Gasteiger partial charge is 0.484 e. The number of anilines is 1. The van der Waals surface area contributed by atoms with E-state index in [0.717, 1.165) is 24.4 Å². The maximum atomic E-state index is 12.5. The Hall–Kier alpha value is -2.80. The molecule has 3 aromatic rings. The van der Waals surface area contributed by atoms with Crippen LogP contribution in [0.15, 0.2) is 58.2 Å². The van der Waals surface area contributed by atoms with Gasteiger partial charge in [0.2, 0.25) is 5.91 Å². The third-order valence-electron chi connectivity index (χ3n) is 4.34. The van der Waals surface area contributed by atoms with Crippen molar-refractivity contribution in [1.29, 1.82) is 0 Å². The summed E-state index contributed by atoms with van der Waals surface area (Å²) in [6, 6.07) is 15.8. The number of benzene rings is 2. The van der Waals surface area contributed by atoms with Crippen LogP contribution < -0.4 is 9.64 Å². The Balaban J connectivity index is 1.29. The first-order chi connectivity index (χ1) is 13.2. The van der Waals surface area contributed by atoms with Crippen molar-refractivity contribution in [3.63, 3.8) is 0 Å². The summed E-state index contributed by atoms with van der Waals surface area (Å²) in [6.07, 6.45) is 0.896. The topological polar surface area (TPSA) is 68.5 Å². The van der Waals surface area contributed by atoms with Crippen molar-refractivity contribution in [2.75, 3.05) is 17.2 Å². The van der Waals surface area contributed by atoms with E-state index in [9.17, 15) is 4.79 Å². The second kappa shape index (κ2) is 7.84. The molecule has 0 atom stereocenters. The quantitative estimate of drug-likeness (QED) is 0.607. The first-order valence-electron chi connectivity index (χ1n) is 8.72. The molecule has 0 saturated heterocycles. The lowest BCUT2D eigenvalue weighted by Gasteiger charge is -2.16. The third kappa shape index (κ3) is 4.14. The monoisotopic (exact) mass is 381 g/mol. The molecule has 0 radical (unpaired) electrons. The van der Waals surface area contributed by atoms with Crippen molar-refractivity contribution >= 4 is 23.4 Å². The Bertz CT molecular complexity index is 940. The molecule has 0 spiro atoms. The highest BCUT2D eigenvalue weighted by Gasteiger charge is 2.24. The van der Waals surface area contributed by atoms with Gasteiger partial charge in [0.25, 0.3) is 11.1 Å². The van der Waals surface area contributed by atoms with Gasteiger partial charge >= 0.3 is 0 Å². The molecule has 0 bridgehead atoms. The second-order valence-electron chi connectivity index (χ2n) is 6.28. The molecular formula is C20H19N3O3S. The highest BCUT2D eigenvalue weighted by Crippen LogP contribution is 2.28. The molecule has 138 valence electrons. The summed E-state index contributed by atoms with van der Waals surface area (Å²) >= 11 is 1.25. The van der Waals surface area contributed by atoms with Gasteiger partial charge in [-0.25, -0.2) is 0 Å². The summed E-state index contributed by atoms with van der Waals surface area (Å²) in [5, 5.41) is 8.33. The molecule has 0 unspecified atom stereocenters. The number of carbonyl (C=O) groups excluding carboxylic acids is 1. The molecule has 1 aliphatic heterocycles. The summed E-state index contributed by atoms with van der Waals surface area (Å²) in [5.74, 6) is 1.43. The van der Waals surface area contributed by atoms with Gasteiger partial charge in [-0.3, -0.25) is 4.79 Å². The lowest BCUT2D eigenvalue weighted by molar-refractivity contribution is -0.116. The maximum Gasteiger partial charge on any atom is 0.277 e. The zero-order valence-corrected chi connectivity index (χ0v) is 15.7. The van der Waals surface area contributed by atoms with Crippen molar-refractivity contribution in [3.05, 3.63) is 65.5 Å². The van der Waals surface area contributed by atoms with E-state index in [4.69, 9.17) is 9.15 Å².